The lowest BCUT2D eigenvalue weighted by Gasteiger charge is -2.67. The van der Waals surface area contributed by atoms with Gasteiger partial charge in [-0.15, -0.1) is 0 Å². The standard InChI is InChI=1S/C52H72N2O13S2/c1-29-37(30(2)57)40(59)38-33(39(29)58)17-31(44(62)63)18-34(38)66-45-41(60)43(61)52(36(21-56)67-45)15-14-51-25-48(19-32-22-64-26-47(42(32)51,9-6-16-55)27-68-69-28-65-52)24-50(20-35(48)53-54-51)11-5-10-49(50)13-12-46(23-49)7-3-4-8-46/h17-18,32,35-36,41-43,45,53-56,58-61H,3-16,19-28H2,1-2H3,(H,62,63)/t32-,35+,36+,41+,42+,43+,45+,47+,48-,49+,50-,51+,52+/m0/s1. The van der Waals surface area contributed by atoms with Crippen molar-refractivity contribution in [1.82, 2.24) is 10.9 Å². The average Bonchev–Trinajstić information content (AvgIpc) is 4.10. The minimum atomic E-state index is -1.81. The molecule has 11 rings (SSSR count). The highest BCUT2D eigenvalue weighted by Crippen LogP contribution is 2.77. The molecule has 380 valence electrons. The van der Waals surface area contributed by atoms with Crippen LogP contribution in [0.3, 0.4) is 0 Å². The highest BCUT2D eigenvalue weighted by molar-refractivity contribution is 8.76. The second kappa shape index (κ2) is 17.6. The van der Waals surface area contributed by atoms with E-state index in [-0.39, 0.29) is 80.3 Å². The molecule has 2 aromatic rings. The van der Waals surface area contributed by atoms with Gasteiger partial charge in [0.2, 0.25) is 6.29 Å². The second-order valence-electron chi connectivity index (χ2n) is 23.6. The quantitative estimate of drug-likeness (QED) is 0.0745. The molecule has 0 aromatic heterocycles. The van der Waals surface area contributed by atoms with Crippen molar-refractivity contribution in [3.8, 4) is 17.2 Å². The van der Waals surface area contributed by atoms with Gasteiger partial charge in [-0.3, -0.25) is 15.6 Å². The first-order chi connectivity index (χ1) is 33.0. The Hall–Kier alpha value is -2.42. The first-order valence-corrected chi connectivity index (χ1v) is 28.2. The zero-order valence-corrected chi connectivity index (χ0v) is 41.7. The summed E-state index contributed by atoms with van der Waals surface area (Å²) in [6, 6.07) is 2.55. The molecule has 0 unspecified atom stereocenters. The molecule has 13 atom stereocenters. The van der Waals surface area contributed by atoms with E-state index in [0.717, 1.165) is 37.1 Å². The summed E-state index contributed by atoms with van der Waals surface area (Å²) in [6.45, 7) is 3.34. The fraction of sp³-hybridized carbons (Fsp3) is 0.769. The Bertz CT molecular complexity index is 2370. The molecule has 0 amide bonds. The number of aromatic hydroxyl groups is 2. The number of ether oxygens (including phenoxy) is 4. The van der Waals surface area contributed by atoms with Crippen LogP contribution in [-0.2, 0) is 14.2 Å². The van der Waals surface area contributed by atoms with Crippen LogP contribution in [0.25, 0.3) is 10.8 Å². The van der Waals surface area contributed by atoms with Crippen LogP contribution in [0, 0.1) is 45.8 Å². The van der Waals surface area contributed by atoms with Crippen LogP contribution in [0.1, 0.15) is 149 Å². The highest BCUT2D eigenvalue weighted by Gasteiger charge is 2.73. The summed E-state index contributed by atoms with van der Waals surface area (Å²) in [6.07, 6.45) is 13.5. The number of carbonyl (C=O) groups is 2. The molecule has 69 heavy (non-hydrogen) atoms. The SMILES string of the molecule is CC(=O)c1c(C)c(O)c2cc(C(=O)O)cc(O[C@@H]3O[C@H](CO)[C@]4(CC[C@@]56C[C@]7(C[C@H]8COC[C@](CCCO)(CSSCO4)[C@@H]85)C[C@]4(CCC[C@]45CCC4(CCCC4)C5)C[C@H]7NN6)[C@H](O)[C@H]3O)c2c1O. The third kappa shape index (κ3) is 7.38. The van der Waals surface area contributed by atoms with E-state index in [1.54, 1.807) is 10.8 Å². The Labute approximate surface area is 411 Å². The number of phenolic OH excluding ortho intramolecular Hbond substituents is 2. The number of aliphatic hydroxyl groups excluding tert-OH is 4. The van der Waals surface area contributed by atoms with Gasteiger partial charge in [-0.1, -0.05) is 40.9 Å². The maximum absolute atomic E-state index is 12.7. The van der Waals surface area contributed by atoms with E-state index in [0.29, 0.717) is 42.9 Å². The van der Waals surface area contributed by atoms with E-state index in [9.17, 15) is 45.3 Å². The van der Waals surface area contributed by atoms with E-state index in [4.69, 9.17) is 18.9 Å². The lowest BCUT2D eigenvalue weighted by Crippen LogP contribution is -2.77. The summed E-state index contributed by atoms with van der Waals surface area (Å²) in [5.41, 5.74) is 6.42. The van der Waals surface area contributed by atoms with Crippen molar-refractivity contribution in [1.29, 1.82) is 0 Å². The number of rotatable bonds is 8. The van der Waals surface area contributed by atoms with Crippen molar-refractivity contribution in [2.45, 2.75) is 171 Å². The number of carboxylic acids is 1. The summed E-state index contributed by atoms with van der Waals surface area (Å²) in [7, 11) is 3.17. The molecule has 4 heterocycles. The summed E-state index contributed by atoms with van der Waals surface area (Å²) in [5.74, 6) is -2.00. The van der Waals surface area contributed by atoms with Crippen LogP contribution >= 0.6 is 21.6 Å². The van der Waals surface area contributed by atoms with Gasteiger partial charge in [-0.2, -0.15) is 0 Å². The fourth-order valence-electron chi connectivity index (χ4n) is 17.8. The van der Waals surface area contributed by atoms with E-state index in [1.807, 2.05) is 0 Å². The molecule has 2 bridgehead atoms. The van der Waals surface area contributed by atoms with Crippen LogP contribution in [0.15, 0.2) is 12.1 Å². The fourth-order valence-corrected chi connectivity index (χ4v) is 20.1. The number of aromatic carboxylic acids is 1. The second-order valence-corrected chi connectivity index (χ2v) is 26.0. The predicted molar refractivity (Wildman–Crippen MR) is 259 cm³/mol. The minimum Gasteiger partial charge on any atom is -0.507 e. The molecule has 4 saturated heterocycles. The van der Waals surface area contributed by atoms with Crippen molar-refractivity contribution >= 4 is 44.1 Å². The maximum Gasteiger partial charge on any atom is 0.335 e. The monoisotopic (exact) mass is 996 g/mol. The van der Waals surface area contributed by atoms with Gasteiger partial charge in [0.05, 0.1) is 29.7 Å². The largest absolute Gasteiger partial charge is 0.507 e. The minimum absolute atomic E-state index is 0.000736. The number of fused-ring (bicyclic) bond motifs is 2. The number of carbonyl (C=O) groups excluding carboxylic acids is 1. The maximum atomic E-state index is 12.7. The van der Waals surface area contributed by atoms with Crippen LogP contribution < -0.4 is 15.6 Å². The van der Waals surface area contributed by atoms with Gasteiger partial charge in [0.25, 0.3) is 0 Å². The number of aliphatic hydroxyl groups is 4. The number of benzene rings is 2. The number of phenols is 2. The molecule has 2 aromatic carbocycles. The van der Waals surface area contributed by atoms with Crippen molar-refractivity contribution in [3.05, 3.63) is 28.8 Å². The van der Waals surface area contributed by atoms with Crippen LogP contribution in [0.4, 0.5) is 0 Å². The van der Waals surface area contributed by atoms with Gasteiger partial charge in [0.1, 0.15) is 47.1 Å². The van der Waals surface area contributed by atoms with Crippen molar-refractivity contribution in [2.75, 3.05) is 38.1 Å². The number of nitrogens with one attached hydrogen (secondary N) is 2. The summed E-state index contributed by atoms with van der Waals surface area (Å²) in [5, 5.41) is 79.0. The molecule has 5 aliphatic carbocycles. The average molecular weight is 997 g/mol. The van der Waals surface area contributed by atoms with Gasteiger partial charge < -0.3 is 54.7 Å². The Morgan fingerprint density at radius 3 is 2.46 bits per heavy atom. The van der Waals surface area contributed by atoms with Crippen LogP contribution in [-0.4, -0.2) is 127 Å². The van der Waals surface area contributed by atoms with E-state index < -0.39 is 65.6 Å². The first-order valence-electron chi connectivity index (χ1n) is 25.7. The van der Waals surface area contributed by atoms with E-state index >= 15 is 0 Å². The molecule has 6 spiro atoms. The Balaban J connectivity index is 0.950. The van der Waals surface area contributed by atoms with Crippen LogP contribution in [0.2, 0.25) is 0 Å². The van der Waals surface area contributed by atoms with Crippen molar-refractivity contribution in [2.24, 2.45) is 38.9 Å². The molecule has 9 fully saturated rings. The van der Waals surface area contributed by atoms with Gasteiger partial charge >= 0.3 is 5.97 Å². The smallest absolute Gasteiger partial charge is 0.335 e. The van der Waals surface area contributed by atoms with Gasteiger partial charge in [0, 0.05) is 46.9 Å². The molecule has 9 N–H and O–H groups in total. The number of carboxylic acid groups (broad SMARTS) is 1. The number of hydrazine groups is 1. The third-order valence-electron chi connectivity index (χ3n) is 20.4. The summed E-state index contributed by atoms with van der Waals surface area (Å²) >= 11 is 0. The zero-order chi connectivity index (χ0) is 48.4. The van der Waals surface area contributed by atoms with Gasteiger partial charge in [-0.05, 0) is 156 Å². The normalized spacial score (nSPS) is 42.5. The zero-order valence-electron chi connectivity index (χ0n) is 40.1. The van der Waals surface area contributed by atoms with Crippen molar-refractivity contribution in [3.63, 3.8) is 0 Å². The molecule has 0 radical (unpaired) electrons. The van der Waals surface area contributed by atoms with Crippen molar-refractivity contribution < 1.29 is 64.3 Å². The van der Waals surface area contributed by atoms with Crippen LogP contribution in [0.5, 0.6) is 17.2 Å². The summed E-state index contributed by atoms with van der Waals surface area (Å²) in [4.78, 5) is 25.1. The number of hydrogen-bond donors (Lipinski definition) is 9. The Morgan fingerprint density at radius 2 is 1.71 bits per heavy atom. The molecular formula is C52H72N2O13S2. The lowest BCUT2D eigenvalue weighted by molar-refractivity contribution is -0.323. The molecule has 17 heteroatoms. The van der Waals surface area contributed by atoms with Gasteiger partial charge in [-0.25, -0.2) is 4.79 Å². The molecular weight excluding hydrogens is 925 g/mol. The number of Topliss-reactive ketones (excluding diaryl/α,β-unsaturated/α-hetero) is 1. The summed E-state index contributed by atoms with van der Waals surface area (Å²) < 4.78 is 26.2. The van der Waals surface area contributed by atoms with E-state index in [1.165, 1.54) is 102 Å². The topological polar surface area (TPSA) is 237 Å². The third-order valence-corrected chi connectivity index (χ3v) is 22.6. The molecule has 15 nitrogen and oxygen atoms in total. The lowest BCUT2D eigenvalue weighted by atomic mass is 9.46. The van der Waals surface area contributed by atoms with Gasteiger partial charge in [0.15, 0.2) is 5.78 Å². The molecule has 9 aliphatic rings. The predicted octanol–water partition coefficient (Wildman–Crippen LogP) is 6.88. The molecule has 4 aliphatic heterocycles. The van der Waals surface area contributed by atoms with E-state index in [2.05, 4.69) is 10.9 Å². The Kier molecular flexibility index (Phi) is 12.5. The Morgan fingerprint density at radius 1 is 0.913 bits per heavy atom. The first kappa shape index (κ1) is 48.8. The number of ketones is 1. The molecule has 5 saturated carbocycles. The number of hydrogen-bond acceptors (Lipinski definition) is 16. The highest BCUT2D eigenvalue weighted by atomic mass is 33.1.